The number of fused-ring (bicyclic) bond motifs is 1. The third-order valence-corrected chi connectivity index (χ3v) is 6.15. The van der Waals surface area contributed by atoms with Crippen LogP contribution < -0.4 is 10.2 Å². The molecule has 1 saturated heterocycles. The number of anilines is 1. The van der Waals surface area contributed by atoms with Crippen LogP contribution in [0, 0.1) is 0 Å². The molecule has 2 N–H and O–H groups in total. The molecule has 5 heterocycles. The van der Waals surface area contributed by atoms with Crippen molar-refractivity contribution in [2.24, 2.45) is 0 Å². The van der Waals surface area contributed by atoms with Crippen LogP contribution in [0.5, 0.6) is 0 Å². The van der Waals surface area contributed by atoms with Crippen LogP contribution in [0.3, 0.4) is 0 Å². The van der Waals surface area contributed by atoms with Crippen LogP contribution in [-0.2, 0) is 9.59 Å². The van der Waals surface area contributed by atoms with E-state index >= 15 is 4.39 Å². The summed E-state index contributed by atoms with van der Waals surface area (Å²) in [6, 6.07) is 7.79. The number of rotatable bonds is 3. The van der Waals surface area contributed by atoms with Gasteiger partial charge < -0.3 is 4.98 Å². The predicted octanol–water partition coefficient (Wildman–Crippen LogP) is 3.96. The van der Waals surface area contributed by atoms with E-state index in [9.17, 15) is 14.4 Å². The summed E-state index contributed by atoms with van der Waals surface area (Å²) >= 11 is 0. The second kappa shape index (κ2) is 8.33. The number of carbonyl (C=O) groups is 3. The second-order valence-corrected chi connectivity index (χ2v) is 7.91. The zero-order valence-corrected chi connectivity index (χ0v) is 18.6. The van der Waals surface area contributed by atoms with Crippen molar-refractivity contribution in [2.75, 3.05) is 4.90 Å². The number of imide groups is 1. The average molecular weight is 459 g/mol. The molecule has 0 saturated carbocycles. The fourth-order valence-electron chi connectivity index (χ4n) is 4.66. The first-order valence-corrected chi connectivity index (χ1v) is 11.2. The molecule has 2 aliphatic heterocycles. The summed E-state index contributed by atoms with van der Waals surface area (Å²) in [5, 5.41) is 4.02. The number of aromatic nitrogens is 3. The van der Waals surface area contributed by atoms with Crippen molar-refractivity contribution in [1.82, 2.24) is 20.3 Å². The molecule has 0 aliphatic carbocycles. The van der Waals surface area contributed by atoms with E-state index in [2.05, 4.69) is 20.3 Å². The normalized spacial score (nSPS) is 18.1. The van der Waals surface area contributed by atoms with E-state index in [4.69, 9.17) is 0 Å². The van der Waals surface area contributed by atoms with Crippen LogP contribution in [0.1, 0.15) is 54.3 Å². The topological polar surface area (TPSA) is 108 Å². The smallest absolute Gasteiger partial charge is 0.260 e. The lowest BCUT2D eigenvalue weighted by atomic mass is 9.97. The summed E-state index contributed by atoms with van der Waals surface area (Å²) in [6.45, 7) is 4.00. The van der Waals surface area contributed by atoms with E-state index < -0.39 is 18.1 Å². The first-order valence-electron chi connectivity index (χ1n) is 11.2. The summed E-state index contributed by atoms with van der Waals surface area (Å²) in [5.74, 6) is -0.962. The molecule has 0 spiro atoms. The van der Waals surface area contributed by atoms with Crippen LogP contribution in [0.15, 0.2) is 48.9 Å². The molecule has 2 aliphatic rings. The molecule has 2 atom stereocenters. The molecule has 6 rings (SSSR count). The Kier molecular flexibility index (Phi) is 5.31. The van der Waals surface area contributed by atoms with Gasteiger partial charge in [0.25, 0.3) is 5.91 Å². The number of benzene rings is 1. The van der Waals surface area contributed by atoms with E-state index in [0.717, 1.165) is 0 Å². The number of carbonyl (C=O) groups excluding carboxylic acids is 3. The fraction of sp³-hybridized carbons (Fsp3) is 0.240. The summed E-state index contributed by atoms with van der Waals surface area (Å²) < 4.78 is 15.8. The number of pyridine rings is 2. The molecule has 4 aromatic rings. The van der Waals surface area contributed by atoms with Crippen molar-refractivity contribution in [2.45, 2.75) is 38.9 Å². The van der Waals surface area contributed by atoms with Crippen LogP contribution in [0.4, 0.5) is 10.2 Å². The highest BCUT2D eigenvalue weighted by Crippen LogP contribution is 2.43. The number of aromatic amines is 1. The van der Waals surface area contributed by atoms with Crippen molar-refractivity contribution in [3.63, 3.8) is 0 Å². The van der Waals surface area contributed by atoms with Gasteiger partial charge in [-0.15, -0.1) is 0 Å². The lowest BCUT2D eigenvalue weighted by molar-refractivity contribution is -0.134. The van der Waals surface area contributed by atoms with Crippen molar-refractivity contribution < 1.29 is 18.8 Å². The SMILES string of the molecule is CC.O=C1CCC(N2C(=O)c3cccc4c(C(F)c5c[nH]c6ncccc56)cnc2c34)C(=O)N1. The summed E-state index contributed by atoms with van der Waals surface area (Å²) in [5.41, 5.74) is 1.71. The Morgan fingerprint density at radius 3 is 2.65 bits per heavy atom. The number of piperidine rings is 1. The number of halogens is 1. The van der Waals surface area contributed by atoms with Gasteiger partial charge in [0.2, 0.25) is 11.8 Å². The standard InChI is InChI=1S/C23H16FN5O3.C2H6/c24-19(15-9-26-20-12(15)5-2-8-25-20)14-10-27-21-18-11(14)3-1-4-13(18)23(32)29(21)16-6-7-17(30)28-22(16)31;1-2/h1-5,8-10,16,19H,6-7H2,(H,25,26)(H,28,30,31);1-2H3. The van der Waals surface area contributed by atoms with Gasteiger partial charge in [-0.3, -0.25) is 24.6 Å². The molecule has 3 aromatic heterocycles. The third kappa shape index (κ3) is 3.15. The van der Waals surface area contributed by atoms with Gasteiger partial charge in [-0.05, 0) is 30.0 Å². The molecule has 2 unspecified atom stereocenters. The van der Waals surface area contributed by atoms with Crippen molar-refractivity contribution in [3.8, 4) is 0 Å². The first kappa shape index (κ1) is 21.7. The van der Waals surface area contributed by atoms with Gasteiger partial charge in [-0.2, -0.15) is 0 Å². The van der Waals surface area contributed by atoms with Gasteiger partial charge in [0.05, 0.1) is 5.56 Å². The maximum absolute atomic E-state index is 15.8. The molecule has 172 valence electrons. The molecule has 1 fully saturated rings. The number of H-pyrrole nitrogens is 1. The number of nitrogens with one attached hydrogen (secondary N) is 2. The lowest BCUT2D eigenvalue weighted by Crippen LogP contribution is -2.53. The highest BCUT2D eigenvalue weighted by Gasteiger charge is 2.42. The molecule has 3 amide bonds. The van der Waals surface area contributed by atoms with E-state index in [-0.39, 0.29) is 24.7 Å². The Labute approximate surface area is 194 Å². The highest BCUT2D eigenvalue weighted by atomic mass is 19.1. The van der Waals surface area contributed by atoms with Crippen LogP contribution in [-0.4, -0.2) is 38.7 Å². The highest BCUT2D eigenvalue weighted by molar-refractivity contribution is 6.26. The summed E-state index contributed by atoms with van der Waals surface area (Å²) in [4.78, 5) is 50.1. The predicted molar refractivity (Wildman–Crippen MR) is 125 cm³/mol. The molecule has 9 heteroatoms. The van der Waals surface area contributed by atoms with Gasteiger partial charge in [0.15, 0.2) is 6.17 Å². The molecule has 0 radical (unpaired) electrons. The number of amides is 3. The molecular weight excluding hydrogens is 437 g/mol. The quantitative estimate of drug-likeness (QED) is 0.451. The molecular formula is C25H22FN5O3. The minimum absolute atomic E-state index is 0.138. The largest absolute Gasteiger partial charge is 0.346 e. The van der Waals surface area contributed by atoms with E-state index in [1.807, 2.05) is 13.8 Å². The minimum Gasteiger partial charge on any atom is -0.346 e. The Morgan fingerprint density at radius 1 is 1.06 bits per heavy atom. The van der Waals surface area contributed by atoms with Crippen molar-refractivity contribution in [1.29, 1.82) is 0 Å². The number of hydrogen-bond acceptors (Lipinski definition) is 5. The number of alkyl halides is 1. The minimum atomic E-state index is -1.50. The zero-order valence-electron chi connectivity index (χ0n) is 18.6. The second-order valence-electron chi connectivity index (χ2n) is 7.91. The first-order chi connectivity index (χ1) is 16.5. The Hall–Kier alpha value is -4.14. The maximum Gasteiger partial charge on any atom is 0.260 e. The Balaban J connectivity index is 0.00000117. The lowest BCUT2D eigenvalue weighted by Gasteiger charge is -2.29. The van der Waals surface area contributed by atoms with Gasteiger partial charge in [0, 0.05) is 46.9 Å². The maximum atomic E-state index is 15.8. The third-order valence-electron chi connectivity index (χ3n) is 6.15. The molecule has 1 aromatic carbocycles. The van der Waals surface area contributed by atoms with E-state index in [1.54, 1.807) is 42.7 Å². The van der Waals surface area contributed by atoms with Gasteiger partial charge in [-0.1, -0.05) is 26.0 Å². The van der Waals surface area contributed by atoms with Gasteiger partial charge >= 0.3 is 0 Å². The fourth-order valence-corrected chi connectivity index (χ4v) is 4.66. The molecule has 0 bridgehead atoms. The van der Waals surface area contributed by atoms with Gasteiger partial charge in [-0.25, -0.2) is 14.4 Å². The van der Waals surface area contributed by atoms with E-state index in [0.29, 0.717) is 44.3 Å². The van der Waals surface area contributed by atoms with Crippen LogP contribution >= 0.6 is 0 Å². The number of hydrogen-bond donors (Lipinski definition) is 2. The summed E-state index contributed by atoms with van der Waals surface area (Å²) in [7, 11) is 0. The number of nitrogens with zero attached hydrogens (tertiary/aromatic N) is 3. The van der Waals surface area contributed by atoms with Crippen LogP contribution in [0.25, 0.3) is 21.8 Å². The van der Waals surface area contributed by atoms with Crippen molar-refractivity contribution >= 4 is 45.3 Å². The Bertz CT molecular complexity index is 1460. The summed E-state index contributed by atoms with van der Waals surface area (Å²) in [6.07, 6.45) is 3.49. The average Bonchev–Trinajstić information content (AvgIpc) is 3.41. The zero-order chi connectivity index (χ0) is 24.0. The van der Waals surface area contributed by atoms with E-state index in [1.165, 1.54) is 11.1 Å². The molecule has 8 nitrogen and oxygen atoms in total. The van der Waals surface area contributed by atoms with Crippen molar-refractivity contribution in [3.05, 3.63) is 65.6 Å². The molecule has 34 heavy (non-hydrogen) atoms. The monoisotopic (exact) mass is 459 g/mol. The van der Waals surface area contributed by atoms with Crippen LogP contribution in [0.2, 0.25) is 0 Å². The Morgan fingerprint density at radius 2 is 1.85 bits per heavy atom. The van der Waals surface area contributed by atoms with Gasteiger partial charge in [0.1, 0.15) is 17.5 Å².